The quantitative estimate of drug-likeness (QED) is 0.342. The Bertz CT molecular complexity index is 1670. The van der Waals surface area contributed by atoms with E-state index in [4.69, 9.17) is 11.3 Å². The maximum atomic E-state index is 15.3. The van der Waals surface area contributed by atoms with Crippen LogP contribution in [0.25, 0.3) is 38.1 Å². The number of H-pyrrole nitrogens is 1. The number of hydrogen-bond acceptors (Lipinski definition) is 5. The summed E-state index contributed by atoms with van der Waals surface area (Å²) >= 11 is 0. The van der Waals surface area contributed by atoms with Gasteiger partial charge in [-0.1, -0.05) is 12.1 Å². The highest BCUT2D eigenvalue weighted by Gasteiger charge is 2.32. The highest BCUT2D eigenvalue weighted by molar-refractivity contribution is 6.00. The van der Waals surface area contributed by atoms with Crippen molar-refractivity contribution < 1.29 is 18.3 Å². The van der Waals surface area contributed by atoms with Gasteiger partial charge in [-0.15, -0.1) is 0 Å². The molecule has 1 atom stereocenters. The van der Waals surface area contributed by atoms with Crippen LogP contribution in [-0.2, 0) is 0 Å². The average Bonchev–Trinajstić information content (AvgIpc) is 3.34. The van der Waals surface area contributed by atoms with Gasteiger partial charge in [0.2, 0.25) is 0 Å². The largest absolute Gasteiger partial charge is 0.489 e. The van der Waals surface area contributed by atoms with E-state index >= 15 is 8.78 Å². The Hall–Kier alpha value is -4.69. The summed E-state index contributed by atoms with van der Waals surface area (Å²) in [6.07, 6.45) is 0. The Morgan fingerprint density at radius 1 is 1.18 bits per heavy atom. The minimum Gasteiger partial charge on any atom is -0.489 e. The average molecular weight is 544 g/mol. The third-order valence-corrected chi connectivity index (χ3v) is 7.43. The minimum atomic E-state index is -0.896. The number of nitrogens with one attached hydrogen (secondary N) is 2. The van der Waals surface area contributed by atoms with Crippen LogP contribution in [0.2, 0.25) is 0 Å². The summed E-state index contributed by atoms with van der Waals surface area (Å²) in [6, 6.07) is 10.9. The number of halogens is 2. The molecule has 0 bridgehead atoms. The van der Waals surface area contributed by atoms with Crippen LogP contribution in [0.5, 0.6) is 5.75 Å². The molecule has 6 rings (SSSR count). The number of urea groups is 1. The number of rotatable bonds is 3. The third-order valence-electron chi connectivity index (χ3n) is 7.43. The molecule has 11 heteroatoms. The van der Waals surface area contributed by atoms with Gasteiger partial charge in [0.05, 0.1) is 29.5 Å². The number of benzene rings is 3. The number of aromatic nitrogens is 2. The van der Waals surface area contributed by atoms with E-state index < -0.39 is 17.7 Å². The van der Waals surface area contributed by atoms with Gasteiger partial charge in [-0.25, -0.2) is 18.4 Å². The number of nitrogens with zero attached hydrogens (tertiary/aromatic N) is 5. The van der Waals surface area contributed by atoms with Crippen molar-refractivity contribution in [2.24, 2.45) is 0 Å². The Balaban J connectivity index is 1.40. The molecule has 2 N–H and O–H groups in total. The van der Waals surface area contributed by atoms with E-state index in [0.717, 1.165) is 48.8 Å². The second-order valence-electron chi connectivity index (χ2n) is 10.3. The van der Waals surface area contributed by atoms with Crippen molar-refractivity contribution in [1.29, 1.82) is 0 Å². The lowest BCUT2D eigenvalue weighted by atomic mass is 9.97. The molecular weight excluding hydrogens is 516 g/mol. The topological polar surface area (TPSA) is 81.1 Å². The second kappa shape index (κ2) is 9.81. The molecular formula is C29H27F2N7O2. The van der Waals surface area contributed by atoms with Gasteiger partial charge in [-0.05, 0) is 42.9 Å². The van der Waals surface area contributed by atoms with Crippen LogP contribution in [0.1, 0.15) is 0 Å². The summed E-state index contributed by atoms with van der Waals surface area (Å²) < 4.78 is 36.7. The van der Waals surface area contributed by atoms with E-state index in [2.05, 4.69) is 37.2 Å². The summed E-state index contributed by atoms with van der Waals surface area (Å²) in [7, 11) is 5.16. The fraction of sp³-hybridized carbons (Fsp3) is 0.276. The van der Waals surface area contributed by atoms with Crippen molar-refractivity contribution in [3.05, 3.63) is 65.5 Å². The van der Waals surface area contributed by atoms with E-state index in [1.165, 1.54) is 19.0 Å². The number of likely N-dealkylation sites (N-methyl/N-ethyl adjacent to an activating group) is 1. The zero-order chi connectivity index (χ0) is 28.1. The predicted molar refractivity (Wildman–Crippen MR) is 150 cm³/mol. The molecule has 2 aliphatic heterocycles. The number of hydrogen-bond donors (Lipinski definition) is 2. The summed E-state index contributed by atoms with van der Waals surface area (Å²) in [5.41, 5.74) is 2.76. The van der Waals surface area contributed by atoms with Crippen LogP contribution in [0.15, 0.2) is 42.5 Å². The summed E-state index contributed by atoms with van der Waals surface area (Å²) in [5.74, 6) is -1.03. The first-order valence-corrected chi connectivity index (χ1v) is 12.8. The number of anilines is 2. The summed E-state index contributed by atoms with van der Waals surface area (Å²) in [4.78, 5) is 21.4. The van der Waals surface area contributed by atoms with Crippen LogP contribution in [0, 0.1) is 18.2 Å². The zero-order valence-electron chi connectivity index (χ0n) is 22.3. The molecule has 4 aromatic rings. The van der Waals surface area contributed by atoms with Gasteiger partial charge >= 0.3 is 6.03 Å². The lowest BCUT2D eigenvalue weighted by Crippen LogP contribution is -2.56. The molecule has 40 heavy (non-hydrogen) atoms. The van der Waals surface area contributed by atoms with Crippen molar-refractivity contribution in [3.63, 3.8) is 0 Å². The van der Waals surface area contributed by atoms with Gasteiger partial charge < -0.3 is 24.8 Å². The molecule has 0 radical (unpaired) electrons. The fourth-order valence-corrected chi connectivity index (χ4v) is 5.37. The van der Waals surface area contributed by atoms with Gasteiger partial charge in [0.15, 0.2) is 5.69 Å². The predicted octanol–water partition coefficient (Wildman–Crippen LogP) is 5.33. The maximum Gasteiger partial charge on any atom is 0.321 e. The number of carbonyl (C=O) groups is 1. The van der Waals surface area contributed by atoms with Crippen LogP contribution in [0.3, 0.4) is 0 Å². The molecule has 0 aliphatic carbocycles. The molecule has 9 nitrogen and oxygen atoms in total. The first kappa shape index (κ1) is 25.6. The van der Waals surface area contributed by atoms with E-state index in [1.807, 2.05) is 18.2 Å². The smallest absolute Gasteiger partial charge is 0.321 e. The number of fused-ring (bicyclic) bond motifs is 4. The number of amides is 2. The van der Waals surface area contributed by atoms with Gasteiger partial charge in [0.1, 0.15) is 24.0 Å². The fourth-order valence-electron chi connectivity index (χ4n) is 5.37. The minimum absolute atomic E-state index is 0.0245. The lowest BCUT2D eigenvalue weighted by Gasteiger charge is -2.44. The highest BCUT2D eigenvalue weighted by Crippen LogP contribution is 2.42. The SMILES string of the molecule is [C-]#[N+]c1cc2[nH]nc(-c3ccc4c(c3)OCC3CN(C)CCN43)c2cc1-c1c(F)cc(NC(=O)N(C)C)cc1F. The van der Waals surface area contributed by atoms with Gasteiger partial charge in [0, 0.05) is 55.9 Å². The van der Waals surface area contributed by atoms with E-state index in [-0.39, 0.29) is 22.5 Å². The van der Waals surface area contributed by atoms with E-state index in [0.29, 0.717) is 29.2 Å². The van der Waals surface area contributed by atoms with Gasteiger partial charge in [0.25, 0.3) is 0 Å². The third kappa shape index (κ3) is 4.36. The first-order valence-electron chi connectivity index (χ1n) is 12.8. The molecule has 1 fully saturated rings. The molecule has 1 aromatic heterocycles. The molecule has 3 heterocycles. The first-order chi connectivity index (χ1) is 19.2. The molecule has 3 aromatic carbocycles. The number of piperazine rings is 1. The molecule has 0 saturated carbocycles. The molecule has 2 amide bonds. The highest BCUT2D eigenvalue weighted by atomic mass is 19.1. The summed E-state index contributed by atoms with van der Waals surface area (Å²) in [6.45, 7) is 11.1. The Morgan fingerprint density at radius 3 is 2.67 bits per heavy atom. The summed E-state index contributed by atoms with van der Waals surface area (Å²) in [5, 5.41) is 10.5. The number of ether oxygens (including phenoxy) is 1. The van der Waals surface area contributed by atoms with Crippen LogP contribution < -0.4 is 15.0 Å². The second-order valence-corrected chi connectivity index (χ2v) is 10.3. The van der Waals surface area contributed by atoms with E-state index in [9.17, 15) is 4.79 Å². The lowest BCUT2D eigenvalue weighted by molar-refractivity contribution is 0.188. The van der Waals surface area contributed by atoms with Crippen molar-refractivity contribution in [2.45, 2.75) is 6.04 Å². The van der Waals surface area contributed by atoms with Crippen LogP contribution in [-0.4, -0.2) is 79.5 Å². The molecule has 2 aliphatic rings. The van der Waals surface area contributed by atoms with Crippen LogP contribution >= 0.6 is 0 Å². The maximum absolute atomic E-state index is 15.3. The van der Waals surface area contributed by atoms with Crippen molar-refractivity contribution in [3.8, 4) is 28.1 Å². The van der Waals surface area contributed by atoms with Crippen molar-refractivity contribution >= 4 is 34.0 Å². The van der Waals surface area contributed by atoms with E-state index in [1.54, 1.807) is 12.1 Å². The van der Waals surface area contributed by atoms with Gasteiger partial charge in [-0.2, -0.15) is 5.10 Å². The Morgan fingerprint density at radius 2 is 1.95 bits per heavy atom. The number of aromatic amines is 1. The molecule has 204 valence electrons. The van der Waals surface area contributed by atoms with Crippen molar-refractivity contribution in [1.82, 2.24) is 20.0 Å². The standard InChI is InChI=1S/C29H27F2N7O2/c1-32-23-13-24-20(12-19(23)27-21(30)10-17(11-22(27)31)33-29(39)36(2)3)28(35-34-24)16-5-6-25-26(9-16)40-15-18-14-37(4)7-8-38(18)25/h5-6,9-13,18H,7-8,14-15H2,2-4H3,(H,33,39)(H,34,35). The molecule has 1 saturated heterocycles. The monoisotopic (exact) mass is 543 g/mol. The Kier molecular flexibility index (Phi) is 6.27. The normalized spacial score (nSPS) is 16.6. The zero-order valence-corrected chi connectivity index (χ0v) is 22.3. The molecule has 1 unspecified atom stereocenters. The van der Waals surface area contributed by atoms with Crippen LogP contribution in [0.4, 0.5) is 30.6 Å². The van der Waals surface area contributed by atoms with Crippen molar-refractivity contribution in [2.75, 3.05) is 57.6 Å². The Labute approximate surface area is 229 Å². The molecule has 0 spiro atoms. The van der Waals surface area contributed by atoms with Gasteiger partial charge in [-0.3, -0.25) is 5.10 Å². The number of carbonyl (C=O) groups excluding carboxylic acids is 1.